The van der Waals surface area contributed by atoms with Crippen molar-refractivity contribution < 1.29 is 14.6 Å². The van der Waals surface area contributed by atoms with E-state index in [4.69, 9.17) is 15.6 Å². The van der Waals surface area contributed by atoms with Crippen molar-refractivity contribution in [1.82, 2.24) is 0 Å². The standard InChI is InChI=1S/C9H19NO3/c1-7(13-2)6-8(9(11)12)4-3-5-10/h7-8H,3-6,10H2,1-2H3,(H,11,12). The number of nitrogens with two attached hydrogens (primary N) is 1. The molecule has 0 bridgehead atoms. The third-order valence-corrected chi connectivity index (χ3v) is 2.12. The van der Waals surface area contributed by atoms with E-state index in [1.165, 1.54) is 0 Å². The molecule has 78 valence electrons. The van der Waals surface area contributed by atoms with E-state index < -0.39 is 5.97 Å². The van der Waals surface area contributed by atoms with Crippen molar-refractivity contribution in [1.29, 1.82) is 0 Å². The lowest BCUT2D eigenvalue weighted by Gasteiger charge is -2.15. The lowest BCUT2D eigenvalue weighted by Crippen LogP contribution is -2.21. The number of carbonyl (C=O) groups is 1. The molecule has 2 unspecified atom stereocenters. The zero-order valence-electron chi connectivity index (χ0n) is 8.32. The first-order chi connectivity index (χ1) is 6.11. The largest absolute Gasteiger partial charge is 0.481 e. The van der Waals surface area contributed by atoms with Crippen molar-refractivity contribution in [3.63, 3.8) is 0 Å². The Morgan fingerprint density at radius 1 is 1.62 bits per heavy atom. The van der Waals surface area contributed by atoms with Crippen LogP contribution in [0.4, 0.5) is 0 Å². The summed E-state index contributed by atoms with van der Waals surface area (Å²) in [7, 11) is 1.59. The highest BCUT2D eigenvalue weighted by atomic mass is 16.5. The number of carboxylic acids is 1. The molecule has 0 aromatic heterocycles. The number of methoxy groups -OCH3 is 1. The molecule has 0 aliphatic rings. The minimum atomic E-state index is -0.752. The summed E-state index contributed by atoms with van der Waals surface area (Å²) in [6.45, 7) is 2.42. The Labute approximate surface area is 79.1 Å². The van der Waals surface area contributed by atoms with Gasteiger partial charge < -0.3 is 15.6 Å². The minimum absolute atomic E-state index is 0.00104. The number of ether oxygens (including phenoxy) is 1. The highest BCUT2D eigenvalue weighted by Crippen LogP contribution is 2.14. The summed E-state index contributed by atoms with van der Waals surface area (Å²) >= 11 is 0. The zero-order valence-corrected chi connectivity index (χ0v) is 8.32. The molecule has 0 rings (SSSR count). The quantitative estimate of drug-likeness (QED) is 0.622. The molecule has 4 nitrogen and oxygen atoms in total. The first-order valence-corrected chi connectivity index (χ1v) is 4.57. The minimum Gasteiger partial charge on any atom is -0.481 e. The monoisotopic (exact) mass is 189 g/mol. The number of rotatable bonds is 7. The maximum Gasteiger partial charge on any atom is 0.306 e. The fourth-order valence-electron chi connectivity index (χ4n) is 1.20. The smallest absolute Gasteiger partial charge is 0.306 e. The van der Waals surface area contributed by atoms with Crippen molar-refractivity contribution in [3.05, 3.63) is 0 Å². The van der Waals surface area contributed by atoms with Gasteiger partial charge in [0.25, 0.3) is 0 Å². The van der Waals surface area contributed by atoms with Gasteiger partial charge >= 0.3 is 5.97 Å². The Balaban J connectivity index is 3.87. The van der Waals surface area contributed by atoms with E-state index in [-0.39, 0.29) is 12.0 Å². The van der Waals surface area contributed by atoms with Gasteiger partial charge in [0.2, 0.25) is 0 Å². The van der Waals surface area contributed by atoms with Gasteiger partial charge in [-0.1, -0.05) is 0 Å². The van der Waals surface area contributed by atoms with Crippen LogP contribution in [0.25, 0.3) is 0 Å². The van der Waals surface area contributed by atoms with Crippen LogP contribution in [0.3, 0.4) is 0 Å². The highest BCUT2D eigenvalue weighted by molar-refractivity contribution is 5.69. The molecule has 0 amide bonds. The van der Waals surface area contributed by atoms with Crippen LogP contribution in [0.1, 0.15) is 26.2 Å². The molecule has 0 fully saturated rings. The van der Waals surface area contributed by atoms with Gasteiger partial charge in [-0.25, -0.2) is 0 Å². The molecule has 0 heterocycles. The lowest BCUT2D eigenvalue weighted by atomic mass is 9.97. The second kappa shape index (κ2) is 6.86. The van der Waals surface area contributed by atoms with Crippen molar-refractivity contribution >= 4 is 5.97 Å². The Kier molecular flexibility index (Phi) is 6.54. The normalized spacial score (nSPS) is 15.3. The van der Waals surface area contributed by atoms with Crippen molar-refractivity contribution in [2.24, 2.45) is 11.7 Å². The van der Waals surface area contributed by atoms with E-state index in [1.807, 2.05) is 6.92 Å². The van der Waals surface area contributed by atoms with E-state index in [0.29, 0.717) is 19.4 Å². The highest BCUT2D eigenvalue weighted by Gasteiger charge is 2.19. The Bertz CT molecular complexity index is 150. The van der Waals surface area contributed by atoms with Gasteiger partial charge in [0, 0.05) is 7.11 Å². The summed E-state index contributed by atoms with van der Waals surface area (Å²) in [6.07, 6.45) is 1.96. The average molecular weight is 189 g/mol. The average Bonchev–Trinajstić information content (AvgIpc) is 2.11. The van der Waals surface area contributed by atoms with Crippen LogP contribution < -0.4 is 5.73 Å². The van der Waals surface area contributed by atoms with Gasteiger partial charge in [-0.2, -0.15) is 0 Å². The molecule has 2 atom stereocenters. The molecule has 4 heteroatoms. The second-order valence-corrected chi connectivity index (χ2v) is 3.25. The van der Waals surface area contributed by atoms with Crippen molar-refractivity contribution in [2.45, 2.75) is 32.3 Å². The van der Waals surface area contributed by atoms with E-state index in [1.54, 1.807) is 7.11 Å². The second-order valence-electron chi connectivity index (χ2n) is 3.25. The number of carboxylic acid groups (broad SMARTS) is 1. The molecule has 0 saturated heterocycles. The molecule has 3 N–H and O–H groups in total. The maximum atomic E-state index is 10.8. The summed E-state index contributed by atoms with van der Waals surface area (Å²) in [5.41, 5.74) is 5.32. The number of aliphatic carboxylic acids is 1. The van der Waals surface area contributed by atoms with Crippen LogP contribution in [0, 0.1) is 5.92 Å². The SMILES string of the molecule is COC(C)CC(CCCN)C(=O)O. The number of hydrogen-bond acceptors (Lipinski definition) is 3. The van der Waals surface area contributed by atoms with Crippen LogP contribution in [0.15, 0.2) is 0 Å². The summed E-state index contributed by atoms with van der Waals surface area (Å²) in [5, 5.41) is 8.85. The summed E-state index contributed by atoms with van der Waals surface area (Å²) in [5.74, 6) is -1.07. The molecule has 0 aliphatic heterocycles. The third-order valence-electron chi connectivity index (χ3n) is 2.12. The molecule has 0 saturated carbocycles. The first kappa shape index (κ1) is 12.4. The fraction of sp³-hybridized carbons (Fsp3) is 0.889. The Morgan fingerprint density at radius 3 is 2.62 bits per heavy atom. The Hall–Kier alpha value is -0.610. The lowest BCUT2D eigenvalue weighted by molar-refractivity contribution is -0.143. The van der Waals surface area contributed by atoms with Crippen molar-refractivity contribution in [3.8, 4) is 0 Å². The molecule has 0 aromatic rings. The van der Waals surface area contributed by atoms with Crippen LogP contribution in [0.5, 0.6) is 0 Å². The van der Waals surface area contributed by atoms with E-state index >= 15 is 0 Å². The predicted molar refractivity (Wildman–Crippen MR) is 50.5 cm³/mol. The van der Waals surface area contributed by atoms with E-state index in [0.717, 1.165) is 6.42 Å². The predicted octanol–water partition coefficient (Wildman–Crippen LogP) is 0.851. The van der Waals surface area contributed by atoms with E-state index in [2.05, 4.69) is 0 Å². The van der Waals surface area contributed by atoms with Gasteiger partial charge in [-0.3, -0.25) is 4.79 Å². The maximum absolute atomic E-state index is 10.8. The van der Waals surface area contributed by atoms with Crippen LogP contribution >= 0.6 is 0 Å². The zero-order chi connectivity index (χ0) is 10.3. The summed E-state index contributed by atoms with van der Waals surface area (Å²) in [6, 6.07) is 0. The molecule has 13 heavy (non-hydrogen) atoms. The topological polar surface area (TPSA) is 72.5 Å². The number of hydrogen-bond donors (Lipinski definition) is 2. The van der Waals surface area contributed by atoms with Gasteiger partial charge in [-0.15, -0.1) is 0 Å². The van der Waals surface area contributed by atoms with Crippen molar-refractivity contribution in [2.75, 3.05) is 13.7 Å². The van der Waals surface area contributed by atoms with Gasteiger partial charge in [0.1, 0.15) is 0 Å². The van der Waals surface area contributed by atoms with Gasteiger partial charge in [0.05, 0.1) is 12.0 Å². The van der Waals surface area contributed by atoms with Gasteiger partial charge in [-0.05, 0) is 32.7 Å². The molecule has 0 radical (unpaired) electrons. The molecular formula is C9H19NO3. The fourth-order valence-corrected chi connectivity index (χ4v) is 1.20. The Morgan fingerprint density at radius 2 is 2.23 bits per heavy atom. The third kappa shape index (κ3) is 5.60. The molecule has 0 spiro atoms. The summed E-state index contributed by atoms with van der Waals surface area (Å²) in [4.78, 5) is 10.8. The summed E-state index contributed by atoms with van der Waals surface area (Å²) < 4.78 is 5.02. The first-order valence-electron chi connectivity index (χ1n) is 4.57. The molecular weight excluding hydrogens is 170 g/mol. The van der Waals surface area contributed by atoms with E-state index in [9.17, 15) is 4.79 Å². The molecule has 0 aliphatic carbocycles. The van der Waals surface area contributed by atoms with Crippen LogP contribution in [-0.4, -0.2) is 30.8 Å². The van der Waals surface area contributed by atoms with Crippen LogP contribution in [0.2, 0.25) is 0 Å². The van der Waals surface area contributed by atoms with Gasteiger partial charge in [0.15, 0.2) is 0 Å². The molecule has 0 aromatic carbocycles. The van der Waals surface area contributed by atoms with Crippen LogP contribution in [-0.2, 0) is 9.53 Å².